The van der Waals surface area contributed by atoms with Crippen molar-refractivity contribution in [1.82, 2.24) is 5.43 Å². The van der Waals surface area contributed by atoms with E-state index in [2.05, 4.69) is 0 Å². The van der Waals surface area contributed by atoms with Crippen molar-refractivity contribution in [2.75, 3.05) is 6.61 Å². The molecule has 0 heterocycles. The molecule has 4 nitrogen and oxygen atoms in total. The lowest BCUT2D eigenvalue weighted by Gasteiger charge is -2.37. The fourth-order valence-corrected chi connectivity index (χ4v) is 1.10. The zero-order valence-corrected chi connectivity index (χ0v) is 7.95. The SMILES string of the molecule is CC1(OCC(=O)NN)CCC1.Cl. The van der Waals surface area contributed by atoms with E-state index in [0.717, 1.165) is 12.8 Å². The van der Waals surface area contributed by atoms with Gasteiger partial charge in [-0.1, -0.05) is 0 Å². The Morgan fingerprint density at radius 1 is 1.67 bits per heavy atom. The van der Waals surface area contributed by atoms with Crippen LogP contribution in [0.4, 0.5) is 0 Å². The van der Waals surface area contributed by atoms with Gasteiger partial charge >= 0.3 is 0 Å². The quantitative estimate of drug-likeness (QED) is 0.387. The summed E-state index contributed by atoms with van der Waals surface area (Å²) in [6.45, 7) is 2.09. The van der Waals surface area contributed by atoms with E-state index in [9.17, 15) is 4.79 Å². The van der Waals surface area contributed by atoms with Gasteiger partial charge in [-0.25, -0.2) is 5.84 Å². The molecular formula is C7H15ClN2O2. The van der Waals surface area contributed by atoms with E-state index >= 15 is 0 Å². The van der Waals surface area contributed by atoms with Crippen molar-refractivity contribution in [2.24, 2.45) is 5.84 Å². The Bertz CT molecular complexity index is 159. The van der Waals surface area contributed by atoms with Crippen LogP contribution in [0.15, 0.2) is 0 Å². The number of carbonyl (C=O) groups is 1. The van der Waals surface area contributed by atoms with Crippen molar-refractivity contribution in [2.45, 2.75) is 31.8 Å². The lowest BCUT2D eigenvalue weighted by atomic mass is 9.82. The number of ether oxygens (including phenoxy) is 1. The predicted octanol–water partition coefficient (Wildman–Crippen LogP) is 0.357. The van der Waals surface area contributed by atoms with Crippen LogP contribution in [-0.2, 0) is 9.53 Å². The van der Waals surface area contributed by atoms with E-state index in [1.165, 1.54) is 6.42 Å². The summed E-state index contributed by atoms with van der Waals surface area (Å²) < 4.78 is 5.33. The fourth-order valence-electron chi connectivity index (χ4n) is 1.10. The first-order chi connectivity index (χ1) is 5.16. The van der Waals surface area contributed by atoms with Crippen LogP contribution >= 0.6 is 12.4 Å². The van der Waals surface area contributed by atoms with Crippen LogP contribution in [0.25, 0.3) is 0 Å². The van der Waals surface area contributed by atoms with E-state index in [0.29, 0.717) is 0 Å². The van der Waals surface area contributed by atoms with Gasteiger partial charge in [0.25, 0.3) is 5.91 Å². The summed E-state index contributed by atoms with van der Waals surface area (Å²) in [4.78, 5) is 10.6. The molecule has 0 spiro atoms. The molecule has 3 N–H and O–H groups in total. The lowest BCUT2D eigenvalue weighted by Crippen LogP contribution is -2.41. The zero-order valence-electron chi connectivity index (χ0n) is 7.13. The Hall–Kier alpha value is -0.320. The summed E-state index contributed by atoms with van der Waals surface area (Å²) >= 11 is 0. The van der Waals surface area contributed by atoms with Crippen LogP contribution in [0.5, 0.6) is 0 Å². The number of hydrazine groups is 1. The monoisotopic (exact) mass is 194 g/mol. The second kappa shape index (κ2) is 4.64. The molecule has 1 rings (SSSR count). The van der Waals surface area contributed by atoms with Gasteiger partial charge in [-0.2, -0.15) is 0 Å². The molecule has 0 aromatic rings. The summed E-state index contributed by atoms with van der Waals surface area (Å²) in [5.74, 6) is 4.62. The second-order valence-corrected chi connectivity index (χ2v) is 3.16. The van der Waals surface area contributed by atoms with Crippen molar-refractivity contribution in [3.8, 4) is 0 Å². The Kier molecular flexibility index (Phi) is 4.52. The third-order valence-corrected chi connectivity index (χ3v) is 2.12. The first kappa shape index (κ1) is 11.7. The zero-order chi connectivity index (χ0) is 8.32. The number of halogens is 1. The normalized spacial score (nSPS) is 18.8. The maximum atomic E-state index is 10.6. The van der Waals surface area contributed by atoms with Crippen LogP contribution in [0, 0.1) is 0 Å². The summed E-state index contributed by atoms with van der Waals surface area (Å²) in [5.41, 5.74) is 1.96. The molecule has 1 fully saturated rings. The van der Waals surface area contributed by atoms with Gasteiger partial charge in [0, 0.05) is 0 Å². The van der Waals surface area contributed by atoms with E-state index in [1.54, 1.807) is 0 Å². The Morgan fingerprint density at radius 3 is 2.58 bits per heavy atom. The maximum absolute atomic E-state index is 10.6. The van der Waals surface area contributed by atoms with Gasteiger partial charge in [-0.3, -0.25) is 10.2 Å². The van der Waals surface area contributed by atoms with Crippen LogP contribution in [0.1, 0.15) is 26.2 Å². The number of carbonyl (C=O) groups excluding carboxylic acids is 1. The van der Waals surface area contributed by atoms with Crippen molar-refractivity contribution < 1.29 is 9.53 Å². The standard InChI is InChI=1S/C7H14N2O2.ClH/c1-7(3-2-4-7)11-5-6(10)9-8;/h2-5,8H2,1H3,(H,9,10);1H. The molecule has 12 heavy (non-hydrogen) atoms. The summed E-state index contributed by atoms with van der Waals surface area (Å²) in [5, 5.41) is 0. The van der Waals surface area contributed by atoms with Crippen molar-refractivity contribution in [1.29, 1.82) is 0 Å². The van der Waals surface area contributed by atoms with Crippen molar-refractivity contribution in [3.63, 3.8) is 0 Å². The third-order valence-electron chi connectivity index (χ3n) is 2.12. The van der Waals surface area contributed by atoms with Crippen LogP contribution < -0.4 is 11.3 Å². The Labute approximate surface area is 78.2 Å². The van der Waals surface area contributed by atoms with Gasteiger partial charge in [-0.05, 0) is 26.2 Å². The molecule has 1 amide bonds. The highest BCUT2D eigenvalue weighted by Gasteiger charge is 2.32. The molecule has 0 aliphatic heterocycles. The minimum Gasteiger partial charge on any atom is -0.365 e. The van der Waals surface area contributed by atoms with Gasteiger partial charge in [0.15, 0.2) is 0 Å². The van der Waals surface area contributed by atoms with Gasteiger partial charge in [0.1, 0.15) is 6.61 Å². The summed E-state index contributed by atoms with van der Waals surface area (Å²) in [6, 6.07) is 0. The predicted molar refractivity (Wildman–Crippen MR) is 47.8 cm³/mol. The van der Waals surface area contributed by atoms with E-state index in [1.807, 2.05) is 12.3 Å². The van der Waals surface area contributed by atoms with E-state index < -0.39 is 0 Å². The van der Waals surface area contributed by atoms with Gasteiger partial charge < -0.3 is 4.74 Å². The van der Waals surface area contributed by atoms with Crippen molar-refractivity contribution in [3.05, 3.63) is 0 Å². The highest BCUT2D eigenvalue weighted by molar-refractivity contribution is 5.85. The Balaban J connectivity index is 0.00000121. The molecule has 1 aliphatic rings. The molecule has 1 aliphatic carbocycles. The van der Waals surface area contributed by atoms with Crippen LogP contribution in [0.3, 0.4) is 0 Å². The minimum atomic E-state index is -0.266. The summed E-state index contributed by atoms with van der Waals surface area (Å²) in [7, 11) is 0. The number of hydrogen-bond donors (Lipinski definition) is 2. The first-order valence-electron chi connectivity index (χ1n) is 3.80. The fraction of sp³-hybridized carbons (Fsp3) is 0.857. The maximum Gasteiger partial charge on any atom is 0.259 e. The molecule has 0 atom stereocenters. The van der Waals surface area contributed by atoms with Gasteiger partial charge in [-0.15, -0.1) is 12.4 Å². The van der Waals surface area contributed by atoms with E-state index in [4.69, 9.17) is 10.6 Å². The number of hydrogen-bond acceptors (Lipinski definition) is 3. The molecule has 0 bridgehead atoms. The molecule has 0 saturated heterocycles. The molecule has 1 saturated carbocycles. The minimum absolute atomic E-state index is 0. The van der Waals surface area contributed by atoms with Gasteiger partial charge in [0.2, 0.25) is 0 Å². The third kappa shape index (κ3) is 2.97. The van der Waals surface area contributed by atoms with Gasteiger partial charge in [0.05, 0.1) is 5.60 Å². The Morgan fingerprint density at radius 2 is 2.25 bits per heavy atom. The molecule has 72 valence electrons. The highest BCUT2D eigenvalue weighted by Crippen LogP contribution is 2.34. The van der Waals surface area contributed by atoms with Crippen LogP contribution in [-0.4, -0.2) is 18.1 Å². The lowest BCUT2D eigenvalue weighted by molar-refractivity contribution is -0.139. The molecule has 5 heteroatoms. The molecular weight excluding hydrogens is 180 g/mol. The number of nitrogens with two attached hydrogens (primary N) is 1. The van der Waals surface area contributed by atoms with Crippen molar-refractivity contribution >= 4 is 18.3 Å². The first-order valence-corrected chi connectivity index (χ1v) is 3.80. The number of nitrogens with one attached hydrogen (secondary N) is 1. The average molecular weight is 195 g/mol. The molecule has 0 aromatic heterocycles. The number of rotatable bonds is 3. The topological polar surface area (TPSA) is 64.3 Å². The highest BCUT2D eigenvalue weighted by atomic mass is 35.5. The molecule has 0 radical (unpaired) electrons. The van der Waals surface area contributed by atoms with Crippen LogP contribution in [0.2, 0.25) is 0 Å². The number of amides is 1. The second-order valence-electron chi connectivity index (χ2n) is 3.16. The smallest absolute Gasteiger partial charge is 0.259 e. The average Bonchev–Trinajstić information content (AvgIpc) is 1.96. The summed E-state index contributed by atoms with van der Waals surface area (Å²) in [6.07, 6.45) is 3.29. The molecule has 0 aromatic carbocycles. The molecule has 0 unspecified atom stereocenters. The van der Waals surface area contributed by atoms with E-state index in [-0.39, 0.29) is 30.5 Å². The largest absolute Gasteiger partial charge is 0.365 e.